The Labute approximate surface area is 92.8 Å². The van der Waals surface area contributed by atoms with Crippen molar-refractivity contribution >= 4 is 18.4 Å². The summed E-state index contributed by atoms with van der Waals surface area (Å²) in [6.45, 7) is 6.09. The molecule has 0 bridgehead atoms. The van der Waals surface area contributed by atoms with Crippen molar-refractivity contribution < 1.29 is 9.53 Å². The van der Waals surface area contributed by atoms with E-state index in [4.69, 9.17) is 10.5 Å². The smallest absolute Gasteiger partial charge is 0.305 e. The van der Waals surface area contributed by atoms with E-state index < -0.39 is 5.54 Å². The number of ether oxygens (including phenoxy) is 1. The highest BCUT2D eigenvalue weighted by Crippen LogP contribution is 2.03. The topological polar surface area (TPSA) is 52.3 Å². The maximum Gasteiger partial charge on any atom is 0.305 e. The molecule has 4 heteroatoms. The third-order valence-electron chi connectivity index (χ3n) is 1.59. The second-order valence-corrected chi connectivity index (χ2v) is 4.11. The SMILES string of the molecule is CCCCCC(=O)OCC(C)(C)N.Cl. The lowest BCUT2D eigenvalue weighted by molar-refractivity contribution is -0.145. The van der Waals surface area contributed by atoms with Gasteiger partial charge in [-0.3, -0.25) is 4.79 Å². The molecule has 0 saturated heterocycles. The number of unbranched alkanes of at least 4 members (excludes halogenated alkanes) is 2. The zero-order valence-electron chi connectivity index (χ0n) is 9.34. The molecule has 0 aromatic rings. The van der Waals surface area contributed by atoms with Gasteiger partial charge in [-0.2, -0.15) is 0 Å². The number of hydrogen-bond donors (Lipinski definition) is 1. The average Bonchev–Trinajstić information content (AvgIpc) is 2.00. The summed E-state index contributed by atoms with van der Waals surface area (Å²) in [6.07, 6.45) is 3.64. The fraction of sp³-hybridized carbons (Fsp3) is 0.900. The molecule has 86 valence electrons. The van der Waals surface area contributed by atoms with Crippen molar-refractivity contribution in [3.63, 3.8) is 0 Å². The van der Waals surface area contributed by atoms with Gasteiger partial charge in [0.15, 0.2) is 0 Å². The van der Waals surface area contributed by atoms with E-state index in [1.807, 2.05) is 13.8 Å². The Hall–Kier alpha value is -0.280. The van der Waals surface area contributed by atoms with E-state index in [1.54, 1.807) is 0 Å². The average molecular weight is 224 g/mol. The van der Waals surface area contributed by atoms with Crippen LogP contribution in [0.1, 0.15) is 46.5 Å². The van der Waals surface area contributed by atoms with E-state index in [-0.39, 0.29) is 18.4 Å². The van der Waals surface area contributed by atoms with Crippen LogP contribution in [0.15, 0.2) is 0 Å². The van der Waals surface area contributed by atoms with Crippen LogP contribution >= 0.6 is 12.4 Å². The first-order chi connectivity index (χ1) is 5.95. The molecule has 0 heterocycles. The molecule has 0 aliphatic rings. The molecule has 0 aromatic carbocycles. The first-order valence-electron chi connectivity index (χ1n) is 4.90. The maximum absolute atomic E-state index is 11.1. The molecule has 2 N–H and O–H groups in total. The van der Waals surface area contributed by atoms with Gasteiger partial charge in [0.1, 0.15) is 6.61 Å². The molecule has 0 unspecified atom stereocenters. The summed E-state index contributed by atoms with van der Waals surface area (Å²) in [6, 6.07) is 0. The molecule has 0 aliphatic heterocycles. The highest BCUT2D eigenvalue weighted by atomic mass is 35.5. The number of esters is 1. The number of carbonyl (C=O) groups excluding carboxylic acids is 1. The number of halogens is 1. The molecule has 0 spiro atoms. The Kier molecular flexibility index (Phi) is 9.31. The van der Waals surface area contributed by atoms with Gasteiger partial charge in [-0.15, -0.1) is 12.4 Å². The van der Waals surface area contributed by atoms with Crippen molar-refractivity contribution in [2.24, 2.45) is 5.73 Å². The number of carbonyl (C=O) groups is 1. The largest absolute Gasteiger partial charge is 0.464 e. The second kappa shape index (κ2) is 8.06. The van der Waals surface area contributed by atoms with Crippen LogP contribution < -0.4 is 5.73 Å². The van der Waals surface area contributed by atoms with Gasteiger partial charge >= 0.3 is 5.97 Å². The Morgan fingerprint density at radius 3 is 2.36 bits per heavy atom. The predicted molar refractivity (Wildman–Crippen MR) is 60.6 cm³/mol. The van der Waals surface area contributed by atoms with Gasteiger partial charge in [-0.1, -0.05) is 19.8 Å². The number of rotatable bonds is 6. The highest BCUT2D eigenvalue weighted by molar-refractivity contribution is 5.85. The van der Waals surface area contributed by atoms with Crippen LogP contribution in [-0.2, 0) is 9.53 Å². The Balaban J connectivity index is 0. The molecule has 0 fully saturated rings. The fourth-order valence-electron chi connectivity index (χ4n) is 0.858. The van der Waals surface area contributed by atoms with Crippen molar-refractivity contribution in [1.29, 1.82) is 0 Å². The molecule has 3 nitrogen and oxygen atoms in total. The molecule has 0 aromatic heterocycles. The monoisotopic (exact) mass is 223 g/mol. The van der Waals surface area contributed by atoms with E-state index >= 15 is 0 Å². The van der Waals surface area contributed by atoms with Crippen LogP contribution in [0.5, 0.6) is 0 Å². The minimum atomic E-state index is -0.416. The van der Waals surface area contributed by atoms with Crippen LogP contribution in [0.4, 0.5) is 0 Å². The van der Waals surface area contributed by atoms with Gasteiger partial charge in [-0.25, -0.2) is 0 Å². The standard InChI is InChI=1S/C10H21NO2.ClH/c1-4-5-6-7-9(12)13-8-10(2,3)11;/h4-8,11H2,1-3H3;1H. The van der Waals surface area contributed by atoms with Gasteiger partial charge in [0.25, 0.3) is 0 Å². The third kappa shape index (κ3) is 11.7. The maximum atomic E-state index is 11.1. The Bertz CT molecular complexity index is 155. The first kappa shape index (κ1) is 16.2. The lowest BCUT2D eigenvalue weighted by Crippen LogP contribution is -2.38. The summed E-state index contributed by atoms with van der Waals surface area (Å²) in [4.78, 5) is 11.1. The molecule has 0 saturated carbocycles. The third-order valence-corrected chi connectivity index (χ3v) is 1.59. The van der Waals surface area contributed by atoms with Gasteiger partial charge in [-0.05, 0) is 20.3 Å². The van der Waals surface area contributed by atoms with E-state index in [9.17, 15) is 4.79 Å². The van der Waals surface area contributed by atoms with Crippen LogP contribution in [0.2, 0.25) is 0 Å². The van der Waals surface area contributed by atoms with Crippen molar-refractivity contribution in [2.75, 3.05) is 6.61 Å². The van der Waals surface area contributed by atoms with Crippen LogP contribution in [0, 0.1) is 0 Å². The van der Waals surface area contributed by atoms with Crippen molar-refractivity contribution in [3.05, 3.63) is 0 Å². The molecular formula is C10H22ClNO2. The van der Waals surface area contributed by atoms with Gasteiger partial charge in [0, 0.05) is 12.0 Å². The first-order valence-corrected chi connectivity index (χ1v) is 4.90. The van der Waals surface area contributed by atoms with Crippen LogP contribution in [0.3, 0.4) is 0 Å². The molecule has 0 atom stereocenters. The van der Waals surface area contributed by atoms with Crippen molar-refractivity contribution in [1.82, 2.24) is 0 Å². The summed E-state index contributed by atoms with van der Waals surface area (Å²) in [7, 11) is 0. The molecule has 0 amide bonds. The Morgan fingerprint density at radius 2 is 1.93 bits per heavy atom. The summed E-state index contributed by atoms with van der Waals surface area (Å²) < 4.78 is 4.99. The van der Waals surface area contributed by atoms with Crippen LogP contribution in [0.25, 0.3) is 0 Å². The van der Waals surface area contributed by atoms with E-state index in [0.717, 1.165) is 19.3 Å². The number of nitrogens with two attached hydrogens (primary N) is 1. The van der Waals surface area contributed by atoms with Crippen molar-refractivity contribution in [2.45, 2.75) is 52.0 Å². The van der Waals surface area contributed by atoms with E-state index in [1.165, 1.54) is 0 Å². The minimum Gasteiger partial charge on any atom is -0.464 e. The molecule has 0 aliphatic carbocycles. The summed E-state index contributed by atoms with van der Waals surface area (Å²) >= 11 is 0. The van der Waals surface area contributed by atoms with Gasteiger partial charge < -0.3 is 10.5 Å². The summed E-state index contributed by atoms with van der Waals surface area (Å²) in [5.41, 5.74) is 5.25. The highest BCUT2D eigenvalue weighted by Gasteiger charge is 2.13. The second-order valence-electron chi connectivity index (χ2n) is 4.11. The predicted octanol–water partition coefficient (Wildman–Crippen LogP) is 2.27. The summed E-state index contributed by atoms with van der Waals surface area (Å²) in [5.74, 6) is -0.132. The van der Waals surface area contributed by atoms with Crippen molar-refractivity contribution in [3.8, 4) is 0 Å². The molecule has 14 heavy (non-hydrogen) atoms. The van der Waals surface area contributed by atoms with Gasteiger partial charge in [0.2, 0.25) is 0 Å². The molecular weight excluding hydrogens is 202 g/mol. The quantitative estimate of drug-likeness (QED) is 0.555. The normalized spacial score (nSPS) is 10.6. The lowest BCUT2D eigenvalue weighted by atomic mass is 10.1. The Morgan fingerprint density at radius 1 is 1.36 bits per heavy atom. The zero-order chi connectivity index (χ0) is 10.3. The zero-order valence-corrected chi connectivity index (χ0v) is 10.2. The lowest BCUT2D eigenvalue weighted by Gasteiger charge is -2.17. The minimum absolute atomic E-state index is 0. The van der Waals surface area contributed by atoms with E-state index in [0.29, 0.717) is 13.0 Å². The molecule has 0 radical (unpaired) electrons. The number of hydrogen-bond acceptors (Lipinski definition) is 3. The van der Waals surface area contributed by atoms with Gasteiger partial charge in [0.05, 0.1) is 0 Å². The summed E-state index contributed by atoms with van der Waals surface area (Å²) in [5, 5.41) is 0. The van der Waals surface area contributed by atoms with E-state index in [2.05, 4.69) is 6.92 Å². The van der Waals surface area contributed by atoms with Crippen LogP contribution in [-0.4, -0.2) is 18.1 Å². The molecule has 0 rings (SSSR count). The fourth-order valence-corrected chi connectivity index (χ4v) is 0.858.